The summed E-state index contributed by atoms with van der Waals surface area (Å²) in [5.74, 6) is -1.02. The zero-order valence-corrected chi connectivity index (χ0v) is 13.8. The molecule has 1 aromatic rings. The second kappa shape index (κ2) is 6.26. The van der Waals surface area contributed by atoms with Gasteiger partial charge in [0.15, 0.2) is 11.5 Å². The van der Waals surface area contributed by atoms with Crippen LogP contribution in [0.25, 0.3) is 0 Å². The number of aliphatic hydroxyl groups excluding tert-OH is 1. The molecule has 2 heterocycles. The highest BCUT2D eigenvalue weighted by atomic mass is 19.1. The molecule has 0 radical (unpaired) electrons. The van der Waals surface area contributed by atoms with Gasteiger partial charge < -0.3 is 14.7 Å². The summed E-state index contributed by atoms with van der Waals surface area (Å²) < 4.78 is 19.7. The van der Waals surface area contributed by atoms with Crippen molar-refractivity contribution in [2.24, 2.45) is 5.92 Å². The standard InChI is InChI=1S/C19H20FNO4/c20-12-5-3-4-11(10-12)16-15-17(23)13-6-1-2-7-14(13)25-18(15)19(24)21(16)8-9-22/h3-5,10,13-14,16,22H,1-2,6-9H2. The van der Waals surface area contributed by atoms with Gasteiger partial charge >= 0.3 is 0 Å². The number of ketones is 1. The summed E-state index contributed by atoms with van der Waals surface area (Å²) in [7, 11) is 0. The van der Waals surface area contributed by atoms with Gasteiger partial charge in [-0.2, -0.15) is 0 Å². The molecule has 1 fully saturated rings. The second-order valence-corrected chi connectivity index (χ2v) is 6.83. The molecule has 0 saturated heterocycles. The Balaban J connectivity index is 1.80. The minimum atomic E-state index is -0.694. The van der Waals surface area contributed by atoms with Gasteiger partial charge in [0.25, 0.3) is 5.91 Å². The second-order valence-electron chi connectivity index (χ2n) is 6.83. The molecule has 3 unspecified atom stereocenters. The molecule has 0 spiro atoms. The normalized spacial score (nSPS) is 28.7. The van der Waals surface area contributed by atoms with Crippen molar-refractivity contribution in [3.8, 4) is 0 Å². The van der Waals surface area contributed by atoms with Crippen LogP contribution in [-0.4, -0.2) is 41.0 Å². The van der Waals surface area contributed by atoms with Crippen LogP contribution >= 0.6 is 0 Å². The van der Waals surface area contributed by atoms with Gasteiger partial charge in [-0.05, 0) is 37.0 Å². The summed E-state index contributed by atoms with van der Waals surface area (Å²) in [5, 5.41) is 9.36. The van der Waals surface area contributed by atoms with Crippen molar-refractivity contribution in [2.75, 3.05) is 13.2 Å². The van der Waals surface area contributed by atoms with Crippen molar-refractivity contribution in [3.63, 3.8) is 0 Å². The summed E-state index contributed by atoms with van der Waals surface area (Å²) in [6.45, 7) is -0.169. The third kappa shape index (κ3) is 2.56. The monoisotopic (exact) mass is 345 g/mol. The molecular weight excluding hydrogens is 325 g/mol. The third-order valence-electron chi connectivity index (χ3n) is 5.36. The lowest BCUT2D eigenvalue weighted by molar-refractivity contribution is -0.135. The summed E-state index contributed by atoms with van der Waals surface area (Å²) in [4.78, 5) is 27.3. The lowest BCUT2D eigenvalue weighted by atomic mass is 9.77. The number of carbonyl (C=O) groups is 2. The van der Waals surface area contributed by atoms with Crippen molar-refractivity contribution in [1.82, 2.24) is 4.90 Å². The first-order valence-corrected chi connectivity index (χ1v) is 8.74. The molecule has 3 atom stereocenters. The zero-order chi connectivity index (χ0) is 17.6. The van der Waals surface area contributed by atoms with Crippen LogP contribution in [0.3, 0.4) is 0 Å². The summed E-state index contributed by atoms with van der Waals surface area (Å²) in [6, 6.07) is 5.21. The molecular formula is C19H20FNO4. The van der Waals surface area contributed by atoms with Gasteiger partial charge in [-0.25, -0.2) is 4.39 Å². The van der Waals surface area contributed by atoms with E-state index in [2.05, 4.69) is 0 Å². The van der Waals surface area contributed by atoms with Crippen LogP contribution in [0.4, 0.5) is 4.39 Å². The smallest absolute Gasteiger partial charge is 0.290 e. The highest BCUT2D eigenvalue weighted by Crippen LogP contribution is 2.46. The number of halogens is 1. The Bertz CT molecular complexity index is 760. The van der Waals surface area contributed by atoms with Crippen molar-refractivity contribution in [3.05, 3.63) is 47.0 Å². The van der Waals surface area contributed by atoms with E-state index >= 15 is 0 Å². The highest BCUT2D eigenvalue weighted by Gasteiger charge is 2.51. The molecule has 5 nitrogen and oxygen atoms in total. The Morgan fingerprint density at radius 3 is 2.80 bits per heavy atom. The fourth-order valence-electron chi connectivity index (χ4n) is 4.25. The highest BCUT2D eigenvalue weighted by molar-refractivity contribution is 6.11. The third-order valence-corrected chi connectivity index (χ3v) is 5.36. The molecule has 1 saturated carbocycles. The summed E-state index contributed by atoms with van der Waals surface area (Å²) >= 11 is 0. The van der Waals surface area contributed by atoms with Crippen molar-refractivity contribution < 1.29 is 23.8 Å². The number of hydrogen-bond donors (Lipinski definition) is 1. The first-order valence-electron chi connectivity index (χ1n) is 8.74. The van der Waals surface area contributed by atoms with Gasteiger partial charge in [0, 0.05) is 6.54 Å². The minimum absolute atomic E-state index is 0.0611. The van der Waals surface area contributed by atoms with E-state index in [0.717, 1.165) is 25.7 Å². The van der Waals surface area contributed by atoms with E-state index in [1.165, 1.54) is 17.0 Å². The Morgan fingerprint density at radius 2 is 2.04 bits per heavy atom. The number of ether oxygens (including phenoxy) is 1. The molecule has 1 aliphatic carbocycles. The molecule has 1 amide bonds. The Hall–Kier alpha value is -2.21. The van der Waals surface area contributed by atoms with Crippen LogP contribution in [0, 0.1) is 11.7 Å². The van der Waals surface area contributed by atoms with Gasteiger partial charge in [0.05, 0.1) is 24.1 Å². The van der Waals surface area contributed by atoms with Crippen LogP contribution in [0.5, 0.6) is 0 Å². The molecule has 2 aliphatic heterocycles. The largest absolute Gasteiger partial charge is 0.483 e. The predicted molar refractivity (Wildman–Crippen MR) is 86.8 cm³/mol. The van der Waals surface area contributed by atoms with Gasteiger partial charge in [0.1, 0.15) is 11.9 Å². The fraction of sp³-hybridized carbons (Fsp3) is 0.474. The molecule has 1 N–H and O–H groups in total. The fourth-order valence-corrected chi connectivity index (χ4v) is 4.25. The van der Waals surface area contributed by atoms with Crippen LogP contribution in [0.1, 0.15) is 37.3 Å². The number of β-amino-alcohol motifs (C(OH)–C–C–N with tert-alkyl or cyclic N) is 1. The van der Waals surface area contributed by atoms with Crippen LogP contribution in [-0.2, 0) is 14.3 Å². The molecule has 0 aromatic heterocycles. The topological polar surface area (TPSA) is 66.8 Å². The maximum Gasteiger partial charge on any atom is 0.290 e. The molecule has 6 heteroatoms. The molecule has 4 rings (SSSR count). The number of Topliss-reactive ketones (excluding diaryl/α,β-unsaturated/α-hetero) is 1. The molecule has 3 aliphatic rings. The Labute approximate surface area is 145 Å². The van der Waals surface area contributed by atoms with E-state index in [-0.39, 0.29) is 36.7 Å². The average Bonchev–Trinajstić information content (AvgIpc) is 2.89. The predicted octanol–water partition coefficient (Wildman–Crippen LogP) is 2.11. The quantitative estimate of drug-likeness (QED) is 0.911. The lowest BCUT2D eigenvalue weighted by Crippen LogP contribution is -2.39. The van der Waals surface area contributed by atoms with E-state index in [1.54, 1.807) is 12.1 Å². The average molecular weight is 345 g/mol. The van der Waals surface area contributed by atoms with Gasteiger partial charge in [-0.1, -0.05) is 18.6 Å². The number of amides is 1. The van der Waals surface area contributed by atoms with Gasteiger partial charge in [-0.15, -0.1) is 0 Å². The number of rotatable bonds is 3. The van der Waals surface area contributed by atoms with Gasteiger partial charge in [0.2, 0.25) is 0 Å². The first-order chi connectivity index (χ1) is 12.1. The first kappa shape index (κ1) is 16.3. The maximum atomic E-state index is 13.7. The van der Waals surface area contributed by atoms with Crippen LogP contribution in [0.2, 0.25) is 0 Å². The van der Waals surface area contributed by atoms with Gasteiger partial charge in [-0.3, -0.25) is 9.59 Å². The lowest BCUT2D eigenvalue weighted by Gasteiger charge is -2.35. The van der Waals surface area contributed by atoms with Crippen molar-refractivity contribution >= 4 is 11.7 Å². The molecule has 132 valence electrons. The van der Waals surface area contributed by atoms with E-state index in [1.807, 2.05) is 0 Å². The Morgan fingerprint density at radius 1 is 1.24 bits per heavy atom. The number of benzene rings is 1. The number of aliphatic hydroxyl groups is 1. The minimum Gasteiger partial charge on any atom is -0.483 e. The summed E-state index contributed by atoms with van der Waals surface area (Å²) in [6.07, 6.45) is 3.23. The van der Waals surface area contributed by atoms with E-state index in [4.69, 9.17) is 4.74 Å². The van der Waals surface area contributed by atoms with Crippen LogP contribution < -0.4 is 0 Å². The molecule has 0 bridgehead atoms. The maximum absolute atomic E-state index is 13.7. The Kier molecular flexibility index (Phi) is 4.07. The molecule has 1 aromatic carbocycles. The van der Waals surface area contributed by atoms with Crippen molar-refractivity contribution in [1.29, 1.82) is 0 Å². The SMILES string of the molecule is O=C1C2=C(OC3CCCCC13)C(=O)N(CCO)C2c1cccc(F)c1. The van der Waals surface area contributed by atoms with Crippen LogP contribution in [0.15, 0.2) is 35.6 Å². The van der Waals surface area contributed by atoms with E-state index in [9.17, 15) is 19.1 Å². The number of fused-ring (bicyclic) bond motifs is 1. The number of hydrogen-bond acceptors (Lipinski definition) is 4. The zero-order valence-electron chi connectivity index (χ0n) is 13.8. The summed E-state index contributed by atoms with van der Waals surface area (Å²) in [5.41, 5.74) is 0.852. The number of nitrogens with zero attached hydrogens (tertiary/aromatic N) is 1. The van der Waals surface area contributed by atoms with Crippen molar-refractivity contribution in [2.45, 2.75) is 37.8 Å². The molecule has 25 heavy (non-hydrogen) atoms. The number of carbonyl (C=O) groups excluding carboxylic acids is 2. The van der Waals surface area contributed by atoms with E-state index in [0.29, 0.717) is 11.1 Å². The van der Waals surface area contributed by atoms with E-state index < -0.39 is 17.8 Å².